The Labute approximate surface area is 105 Å². The Bertz CT molecular complexity index is 460. The molecule has 0 bridgehead atoms. The third-order valence-electron chi connectivity index (χ3n) is 2.11. The van der Waals surface area contributed by atoms with E-state index < -0.39 is 0 Å². The molecule has 0 atom stereocenters. The van der Waals surface area contributed by atoms with E-state index in [1.165, 1.54) is 25.6 Å². The van der Waals surface area contributed by atoms with Crippen LogP contribution in [0.3, 0.4) is 0 Å². The Hall–Kier alpha value is -1.55. The standard InChI is InChI=1S/C13H15NO2S/c1-9(15)12(10(2)16)13(17-3)14-11-7-5-4-6-8-11/h4-8,15H,1-3H3/b12-9+,14-13?. The van der Waals surface area contributed by atoms with Gasteiger partial charge in [0.2, 0.25) is 0 Å². The Morgan fingerprint density at radius 2 is 1.82 bits per heavy atom. The highest BCUT2D eigenvalue weighted by molar-refractivity contribution is 8.14. The quantitative estimate of drug-likeness (QED) is 0.386. The molecule has 0 aliphatic rings. The van der Waals surface area contributed by atoms with E-state index in [0.717, 1.165) is 5.69 Å². The Morgan fingerprint density at radius 1 is 1.24 bits per heavy atom. The van der Waals surface area contributed by atoms with Gasteiger partial charge in [-0.15, -0.1) is 11.8 Å². The number of carbonyl (C=O) groups is 1. The number of para-hydroxylation sites is 1. The minimum Gasteiger partial charge on any atom is -0.512 e. The van der Waals surface area contributed by atoms with Gasteiger partial charge in [-0.2, -0.15) is 0 Å². The number of benzene rings is 1. The summed E-state index contributed by atoms with van der Waals surface area (Å²) in [6.07, 6.45) is 1.83. The molecule has 0 saturated carbocycles. The van der Waals surface area contributed by atoms with E-state index in [4.69, 9.17) is 0 Å². The van der Waals surface area contributed by atoms with Crippen LogP contribution in [-0.2, 0) is 4.79 Å². The van der Waals surface area contributed by atoms with Crippen molar-refractivity contribution in [3.63, 3.8) is 0 Å². The van der Waals surface area contributed by atoms with Crippen molar-refractivity contribution in [2.45, 2.75) is 13.8 Å². The van der Waals surface area contributed by atoms with Crippen molar-refractivity contribution in [3.8, 4) is 0 Å². The minimum atomic E-state index is -0.186. The van der Waals surface area contributed by atoms with E-state index in [1.54, 1.807) is 0 Å². The average molecular weight is 249 g/mol. The highest BCUT2D eigenvalue weighted by atomic mass is 32.2. The number of thioether (sulfide) groups is 1. The number of hydrogen-bond donors (Lipinski definition) is 1. The molecule has 0 saturated heterocycles. The van der Waals surface area contributed by atoms with E-state index >= 15 is 0 Å². The molecule has 0 radical (unpaired) electrons. The highest BCUT2D eigenvalue weighted by Gasteiger charge is 2.15. The Kier molecular flexibility index (Phi) is 4.97. The van der Waals surface area contributed by atoms with Gasteiger partial charge in [-0.3, -0.25) is 4.79 Å². The maximum absolute atomic E-state index is 11.5. The molecule has 4 heteroatoms. The number of allylic oxidation sites excluding steroid dienone is 1. The minimum absolute atomic E-state index is 0.00142. The number of Topliss-reactive ketones (excluding diaryl/α,β-unsaturated/α-hetero) is 1. The Balaban J connectivity index is 3.20. The molecule has 17 heavy (non-hydrogen) atoms. The summed E-state index contributed by atoms with van der Waals surface area (Å²) in [5, 5.41) is 10.1. The normalized spacial score (nSPS) is 13.2. The predicted octanol–water partition coefficient (Wildman–Crippen LogP) is 3.50. The molecule has 0 amide bonds. The van der Waals surface area contributed by atoms with Gasteiger partial charge in [0, 0.05) is 0 Å². The van der Waals surface area contributed by atoms with Crippen molar-refractivity contribution in [1.29, 1.82) is 0 Å². The van der Waals surface area contributed by atoms with Gasteiger partial charge in [-0.1, -0.05) is 18.2 Å². The molecular weight excluding hydrogens is 234 g/mol. The largest absolute Gasteiger partial charge is 0.512 e. The van der Waals surface area contributed by atoms with E-state index in [1.807, 2.05) is 36.6 Å². The van der Waals surface area contributed by atoms with Gasteiger partial charge in [-0.25, -0.2) is 4.99 Å². The number of hydrogen-bond acceptors (Lipinski definition) is 4. The zero-order valence-electron chi connectivity index (χ0n) is 10.1. The third-order valence-corrected chi connectivity index (χ3v) is 2.79. The maximum Gasteiger partial charge on any atom is 0.165 e. The van der Waals surface area contributed by atoms with E-state index in [9.17, 15) is 9.90 Å². The molecule has 90 valence electrons. The second-order valence-corrected chi connectivity index (χ2v) is 4.27. The van der Waals surface area contributed by atoms with Crippen molar-refractivity contribution in [1.82, 2.24) is 0 Å². The first-order valence-corrected chi connectivity index (χ1v) is 6.37. The van der Waals surface area contributed by atoms with E-state index in [0.29, 0.717) is 5.04 Å². The van der Waals surface area contributed by atoms with Crippen molar-refractivity contribution in [2.75, 3.05) is 6.26 Å². The van der Waals surface area contributed by atoms with Gasteiger partial charge in [0.05, 0.1) is 11.3 Å². The van der Waals surface area contributed by atoms with Crippen molar-refractivity contribution >= 4 is 28.3 Å². The van der Waals surface area contributed by atoms with Gasteiger partial charge in [0.1, 0.15) is 10.8 Å². The van der Waals surface area contributed by atoms with Crippen LogP contribution in [0.1, 0.15) is 13.8 Å². The topological polar surface area (TPSA) is 49.7 Å². The van der Waals surface area contributed by atoms with Crippen molar-refractivity contribution in [2.24, 2.45) is 4.99 Å². The molecule has 0 aliphatic carbocycles. The van der Waals surface area contributed by atoms with Crippen LogP contribution >= 0.6 is 11.8 Å². The lowest BCUT2D eigenvalue weighted by Crippen LogP contribution is -2.09. The van der Waals surface area contributed by atoms with Gasteiger partial charge < -0.3 is 5.11 Å². The summed E-state index contributed by atoms with van der Waals surface area (Å²) in [6, 6.07) is 9.34. The zero-order chi connectivity index (χ0) is 12.8. The number of aliphatic imine (C=N–C) groups is 1. The molecule has 1 aromatic carbocycles. The van der Waals surface area contributed by atoms with Gasteiger partial charge >= 0.3 is 0 Å². The fourth-order valence-electron chi connectivity index (χ4n) is 1.38. The van der Waals surface area contributed by atoms with Crippen molar-refractivity contribution < 1.29 is 9.90 Å². The van der Waals surface area contributed by atoms with Crippen LogP contribution in [0.5, 0.6) is 0 Å². The smallest absolute Gasteiger partial charge is 0.165 e. The van der Waals surface area contributed by atoms with Gasteiger partial charge in [0.15, 0.2) is 5.78 Å². The monoisotopic (exact) mass is 249 g/mol. The number of carbonyl (C=O) groups excluding carboxylic acids is 1. The van der Waals surface area contributed by atoms with Crippen molar-refractivity contribution in [3.05, 3.63) is 41.7 Å². The number of rotatable bonds is 3. The molecule has 3 nitrogen and oxygen atoms in total. The summed E-state index contributed by atoms with van der Waals surface area (Å²) in [4.78, 5) is 15.8. The first-order valence-electron chi connectivity index (χ1n) is 5.15. The van der Waals surface area contributed by atoms with Crippen LogP contribution in [0.25, 0.3) is 0 Å². The molecule has 1 rings (SSSR count). The SMILES string of the molecule is CSC(=Nc1ccccc1)/C(C(C)=O)=C(\C)O. The van der Waals surface area contributed by atoms with Gasteiger partial charge in [-0.05, 0) is 32.2 Å². The highest BCUT2D eigenvalue weighted by Crippen LogP contribution is 2.20. The first kappa shape index (κ1) is 13.5. The van der Waals surface area contributed by atoms with Crippen LogP contribution in [-0.4, -0.2) is 22.2 Å². The number of ketones is 1. The third kappa shape index (κ3) is 3.75. The summed E-state index contributed by atoms with van der Waals surface area (Å²) >= 11 is 1.34. The fourth-order valence-corrected chi connectivity index (χ4v) is 2.08. The van der Waals surface area contributed by atoms with E-state index in [-0.39, 0.29) is 17.1 Å². The summed E-state index contributed by atoms with van der Waals surface area (Å²) in [7, 11) is 0. The fraction of sp³-hybridized carbons (Fsp3) is 0.231. The second-order valence-electron chi connectivity index (χ2n) is 3.47. The number of aliphatic hydroxyl groups excluding tert-OH is 1. The predicted molar refractivity (Wildman–Crippen MR) is 73.1 cm³/mol. The summed E-state index contributed by atoms with van der Waals surface area (Å²) in [5.74, 6) is -0.185. The Morgan fingerprint density at radius 3 is 2.24 bits per heavy atom. The summed E-state index contributed by atoms with van der Waals surface area (Å²) in [6.45, 7) is 2.92. The van der Waals surface area contributed by atoms with Gasteiger partial charge in [0.25, 0.3) is 0 Å². The molecule has 0 spiro atoms. The molecule has 0 heterocycles. The molecule has 0 aliphatic heterocycles. The summed E-state index contributed by atoms with van der Waals surface area (Å²) in [5.41, 5.74) is 1.04. The first-order chi connectivity index (χ1) is 8.06. The second kappa shape index (κ2) is 6.25. The van der Waals surface area contributed by atoms with Crippen LogP contribution in [0.15, 0.2) is 46.7 Å². The van der Waals surface area contributed by atoms with E-state index in [2.05, 4.69) is 4.99 Å². The lowest BCUT2D eigenvalue weighted by Gasteiger charge is -2.06. The maximum atomic E-state index is 11.5. The number of nitrogens with zero attached hydrogens (tertiary/aromatic N) is 1. The molecule has 1 N–H and O–H groups in total. The molecule has 1 aromatic rings. The van der Waals surface area contributed by atoms with Crippen LogP contribution in [0, 0.1) is 0 Å². The van der Waals surface area contributed by atoms with Crippen LogP contribution in [0.2, 0.25) is 0 Å². The summed E-state index contributed by atoms with van der Waals surface area (Å²) < 4.78 is 0. The molecule has 0 unspecified atom stereocenters. The average Bonchev–Trinajstić information content (AvgIpc) is 2.28. The molecular formula is C13H15NO2S. The zero-order valence-corrected chi connectivity index (χ0v) is 10.9. The number of aliphatic hydroxyl groups is 1. The molecule has 0 aromatic heterocycles. The molecule has 0 fully saturated rings. The lowest BCUT2D eigenvalue weighted by molar-refractivity contribution is -0.113. The lowest BCUT2D eigenvalue weighted by atomic mass is 10.2. The van der Waals surface area contributed by atoms with Crippen LogP contribution in [0.4, 0.5) is 5.69 Å². The van der Waals surface area contributed by atoms with Crippen LogP contribution < -0.4 is 0 Å².